The molecule has 0 spiro atoms. The van der Waals surface area contributed by atoms with E-state index in [1.807, 2.05) is 0 Å². The summed E-state index contributed by atoms with van der Waals surface area (Å²) in [5, 5.41) is 5.51. The molecule has 3 rings (SSSR count). The summed E-state index contributed by atoms with van der Waals surface area (Å²) in [4.78, 5) is 38.3. The number of hydrogen-bond acceptors (Lipinski definition) is 4. The molecule has 1 fully saturated rings. The van der Waals surface area contributed by atoms with Gasteiger partial charge in [-0.3, -0.25) is 14.5 Å². The van der Waals surface area contributed by atoms with Crippen molar-refractivity contribution in [1.82, 2.24) is 10.2 Å². The van der Waals surface area contributed by atoms with Gasteiger partial charge in [0.05, 0.1) is 12.8 Å². The molecule has 1 aliphatic heterocycles. The van der Waals surface area contributed by atoms with Gasteiger partial charge in [0.2, 0.25) is 5.91 Å². The Bertz CT molecular complexity index is 951. The zero-order valence-electron chi connectivity index (χ0n) is 15.1. The van der Waals surface area contributed by atoms with Crippen LogP contribution in [0.15, 0.2) is 42.5 Å². The van der Waals surface area contributed by atoms with E-state index in [9.17, 15) is 18.8 Å². The van der Waals surface area contributed by atoms with Gasteiger partial charge in [-0.2, -0.15) is 0 Å². The first-order valence-corrected chi connectivity index (χ1v) is 8.66. The van der Waals surface area contributed by atoms with Crippen LogP contribution < -0.4 is 15.4 Å². The maximum atomic E-state index is 13.2. The quantitative estimate of drug-likeness (QED) is 0.749. The summed E-state index contributed by atoms with van der Waals surface area (Å²) in [7, 11) is 1.43. The van der Waals surface area contributed by atoms with E-state index in [2.05, 4.69) is 10.6 Å². The number of nitrogens with one attached hydrogen (secondary N) is 2. The molecular weight excluding hydrogens is 389 g/mol. The third-order valence-electron chi connectivity index (χ3n) is 4.43. The van der Waals surface area contributed by atoms with E-state index >= 15 is 0 Å². The predicted molar refractivity (Wildman–Crippen MR) is 101 cm³/mol. The Morgan fingerprint density at radius 2 is 1.93 bits per heavy atom. The number of nitrogens with zero attached hydrogens (tertiary/aromatic N) is 1. The van der Waals surface area contributed by atoms with Crippen molar-refractivity contribution < 1.29 is 23.5 Å². The number of ether oxygens (including phenoxy) is 1. The molecule has 28 heavy (non-hydrogen) atoms. The Labute approximate surface area is 165 Å². The summed E-state index contributed by atoms with van der Waals surface area (Å²) >= 11 is 5.93. The molecule has 1 aliphatic rings. The lowest BCUT2D eigenvalue weighted by Gasteiger charge is -2.22. The summed E-state index contributed by atoms with van der Waals surface area (Å²) in [6.45, 7) is 0.996. The van der Waals surface area contributed by atoms with Gasteiger partial charge in [0, 0.05) is 5.02 Å². The smallest absolute Gasteiger partial charge is 0.325 e. The molecule has 0 radical (unpaired) electrons. The lowest BCUT2D eigenvalue weighted by atomic mass is 9.92. The van der Waals surface area contributed by atoms with Gasteiger partial charge < -0.3 is 15.4 Å². The fourth-order valence-corrected chi connectivity index (χ4v) is 3.10. The molecule has 0 bridgehead atoms. The molecule has 2 aromatic carbocycles. The Morgan fingerprint density at radius 3 is 2.57 bits per heavy atom. The number of halogens is 2. The van der Waals surface area contributed by atoms with Gasteiger partial charge in [-0.25, -0.2) is 9.18 Å². The number of carbonyl (C=O) groups excluding carboxylic acids is 3. The van der Waals surface area contributed by atoms with Gasteiger partial charge in [0.1, 0.15) is 23.7 Å². The number of amides is 4. The van der Waals surface area contributed by atoms with Gasteiger partial charge in [0.15, 0.2) is 0 Å². The van der Waals surface area contributed by atoms with Crippen molar-refractivity contribution in [2.24, 2.45) is 0 Å². The van der Waals surface area contributed by atoms with E-state index in [0.29, 0.717) is 22.0 Å². The summed E-state index contributed by atoms with van der Waals surface area (Å²) < 4.78 is 18.3. The van der Waals surface area contributed by atoms with Crippen molar-refractivity contribution >= 4 is 35.1 Å². The van der Waals surface area contributed by atoms with Crippen LogP contribution in [0.1, 0.15) is 12.5 Å². The first-order chi connectivity index (χ1) is 13.2. The number of benzene rings is 2. The van der Waals surface area contributed by atoms with Crippen LogP contribution in [0.25, 0.3) is 0 Å². The largest absolute Gasteiger partial charge is 0.495 e. The molecule has 2 N–H and O–H groups in total. The monoisotopic (exact) mass is 405 g/mol. The van der Waals surface area contributed by atoms with Crippen LogP contribution in [-0.2, 0) is 15.1 Å². The van der Waals surface area contributed by atoms with Gasteiger partial charge in [0.25, 0.3) is 5.91 Å². The van der Waals surface area contributed by atoms with E-state index in [1.165, 1.54) is 44.4 Å². The molecule has 4 amide bonds. The molecule has 1 unspecified atom stereocenters. The standard InChI is InChI=1S/C19H17ClFN3O4/c1-19(11-3-6-13(21)7-4-11)17(26)24(18(27)23-19)10-16(25)22-14-9-12(20)5-8-15(14)28-2/h3-9H,10H2,1-2H3,(H,22,25)(H,23,27). The molecular formula is C19H17ClFN3O4. The van der Waals surface area contributed by atoms with Crippen LogP contribution in [0.4, 0.5) is 14.9 Å². The zero-order valence-corrected chi connectivity index (χ0v) is 15.8. The molecule has 1 heterocycles. The van der Waals surface area contributed by atoms with Crippen molar-refractivity contribution in [1.29, 1.82) is 0 Å². The second kappa shape index (κ2) is 7.47. The van der Waals surface area contributed by atoms with Crippen LogP contribution in [0, 0.1) is 5.82 Å². The highest BCUT2D eigenvalue weighted by atomic mass is 35.5. The summed E-state index contributed by atoms with van der Waals surface area (Å²) in [5.74, 6) is -1.30. The fourth-order valence-electron chi connectivity index (χ4n) is 2.93. The summed E-state index contributed by atoms with van der Waals surface area (Å²) in [5.41, 5.74) is -0.668. The van der Waals surface area contributed by atoms with Crippen molar-refractivity contribution in [3.05, 3.63) is 58.9 Å². The molecule has 7 nitrogen and oxygen atoms in total. The van der Waals surface area contributed by atoms with Crippen LogP contribution in [0.2, 0.25) is 5.02 Å². The topological polar surface area (TPSA) is 87.7 Å². The maximum absolute atomic E-state index is 13.2. The molecule has 146 valence electrons. The first-order valence-electron chi connectivity index (χ1n) is 8.28. The number of rotatable bonds is 5. The minimum absolute atomic E-state index is 0.313. The Balaban J connectivity index is 1.77. The SMILES string of the molecule is COc1ccc(Cl)cc1NC(=O)CN1C(=O)NC(C)(c2ccc(F)cc2)C1=O. The van der Waals surface area contributed by atoms with E-state index in [-0.39, 0.29) is 0 Å². The zero-order chi connectivity index (χ0) is 20.5. The number of methoxy groups -OCH3 is 1. The number of anilines is 1. The second-order valence-corrected chi connectivity index (χ2v) is 6.78. The van der Waals surface area contributed by atoms with Gasteiger partial charge in [-0.15, -0.1) is 0 Å². The molecule has 0 aliphatic carbocycles. The molecule has 1 atom stereocenters. The van der Waals surface area contributed by atoms with E-state index in [0.717, 1.165) is 4.90 Å². The molecule has 1 saturated heterocycles. The average molecular weight is 406 g/mol. The number of carbonyl (C=O) groups is 3. The average Bonchev–Trinajstić information content (AvgIpc) is 2.86. The van der Waals surface area contributed by atoms with Crippen molar-refractivity contribution in [2.45, 2.75) is 12.5 Å². The predicted octanol–water partition coefficient (Wildman–Crippen LogP) is 2.89. The lowest BCUT2D eigenvalue weighted by molar-refractivity contribution is -0.133. The number of urea groups is 1. The van der Waals surface area contributed by atoms with Crippen LogP contribution in [0.3, 0.4) is 0 Å². The third-order valence-corrected chi connectivity index (χ3v) is 4.67. The van der Waals surface area contributed by atoms with Crippen LogP contribution >= 0.6 is 11.6 Å². The molecule has 0 saturated carbocycles. The Hall–Kier alpha value is -3.13. The van der Waals surface area contributed by atoms with Crippen molar-refractivity contribution in [3.8, 4) is 5.75 Å². The molecule has 0 aromatic heterocycles. The normalized spacial score (nSPS) is 18.8. The second-order valence-electron chi connectivity index (χ2n) is 6.35. The Morgan fingerprint density at radius 1 is 1.25 bits per heavy atom. The van der Waals surface area contributed by atoms with E-state index in [1.54, 1.807) is 12.1 Å². The van der Waals surface area contributed by atoms with E-state index < -0.39 is 35.7 Å². The summed E-state index contributed by atoms with van der Waals surface area (Å²) in [6, 6.07) is 9.17. The minimum Gasteiger partial charge on any atom is -0.495 e. The molecule has 2 aromatic rings. The highest BCUT2D eigenvalue weighted by Crippen LogP contribution is 2.30. The van der Waals surface area contributed by atoms with Crippen LogP contribution in [-0.4, -0.2) is 36.4 Å². The Kier molecular flexibility index (Phi) is 5.24. The molecule has 9 heteroatoms. The highest BCUT2D eigenvalue weighted by molar-refractivity contribution is 6.31. The maximum Gasteiger partial charge on any atom is 0.325 e. The van der Waals surface area contributed by atoms with Gasteiger partial charge in [-0.1, -0.05) is 23.7 Å². The third kappa shape index (κ3) is 3.63. The van der Waals surface area contributed by atoms with Gasteiger partial charge >= 0.3 is 6.03 Å². The highest BCUT2D eigenvalue weighted by Gasteiger charge is 2.49. The van der Waals surface area contributed by atoms with Crippen LogP contribution in [0.5, 0.6) is 5.75 Å². The lowest BCUT2D eigenvalue weighted by Crippen LogP contribution is -2.42. The van der Waals surface area contributed by atoms with Crippen molar-refractivity contribution in [2.75, 3.05) is 19.0 Å². The van der Waals surface area contributed by atoms with Gasteiger partial charge in [-0.05, 0) is 42.8 Å². The first kappa shape index (κ1) is 19.6. The number of hydrogen-bond donors (Lipinski definition) is 2. The number of imide groups is 1. The van der Waals surface area contributed by atoms with Crippen molar-refractivity contribution in [3.63, 3.8) is 0 Å². The minimum atomic E-state index is -1.39. The summed E-state index contributed by atoms with van der Waals surface area (Å²) in [6.07, 6.45) is 0. The van der Waals surface area contributed by atoms with E-state index in [4.69, 9.17) is 16.3 Å². The fraction of sp³-hybridized carbons (Fsp3) is 0.211.